The Hall–Kier alpha value is -1.71. The zero-order valence-corrected chi connectivity index (χ0v) is 12.6. The maximum Gasteiger partial charge on any atom is 0.193 e. The normalized spacial score (nSPS) is 10.2. The van der Waals surface area contributed by atoms with Crippen molar-refractivity contribution in [1.82, 2.24) is 0 Å². The maximum absolute atomic E-state index is 12.4. The van der Waals surface area contributed by atoms with Crippen LogP contribution in [0.2, 0.25) is 10.0 Å². The standard InChI is InChI=1S/C15H14Cl2N2O/c1-18-13-5-3-9(7-11(13)16)15(20)10-4-6-14(19-2)12(17)8-10/h3-8,18-19H,1-2H3. The van der Waals surface area contributed by atoms with E-state index in [0.717, 1.165) is 11.4 Å². The van der Waals surface area contributed by atoms with E-state index in [1.54, 1.807) is 50.5 Å². The summed E-state index contributed by atoms with van der Waals surface area (Å²) in [5.41, 5.74) is 2.63. The number of carbonyl (C=O) groups excluding carboxylic acids is 1. The molecular formula is C15H14Cl2N2O. The summed E-state index contributed by atoms with van der Waals surface area (Å²) in [5.74, 6) is -0.112. The molecule has 20 heavy (non-hydrogen) atoms. The summed E-state index contributed by atoms with van der Waals surface area (Å²) in [5, 5.41) is 6.93. The molecule has 0 bridgehead atoms. The van der Waals surface area contributed by atoms with Crippen LogP contribution in [-0.2, 0) is 0 Å². The molecule has 104 valence electrons. The molecule has 0 aromatic heterocycles. The summed E-state index contributed by atoms with van der Waals surface area (Å²) >= 11 is 12.2. The summed E-state index contributed by atoms with van der Waals surface area (Å²) in [6.45, 7) is 0. The highest BCUT2D eigenvalue weighted by Gasteiger charge is 2.12. The van der Waals surface area contributed by atoms with Crippen molar-refractivity contribution in [3.63, 3.8) is 0 Å². The van der Waals surface area contributed by atoms with Crippen LogP contribution in [0.1, 0.15) is 15.9 Å². The Morgan fingerprint density at radius 1 is 0.850 bits per heavy atom. The van der Waals surface area contributed by atoms with E-state index in [9.17, 15) is 4.79 Å². The van der Waals surface area contributed by atoms with Gasteiger partial charge in [-0.3, -0.25) is 4.79 Å². The Morgan fingerprint density at radius 2 is 1.25 bits per heavy atom. The van der Waals surface area contributed by atoms with Crippen molar-refractivity contribution in [3.8, 4) is 0 Å². The first kappa shape index (κ1) is 14.7. The summed E-state index contributed by atoms with van der Waals surface area (Å²) in [7, 11) is 3.55. The van der Waals surface area contributed by atoms with Crippen molar-refractivity contribution in [1.29, 1.82) is 0 Å². The Balaban J connectivity index is 2.36. The fourth-order valence-corrected chi connectivity index (χ4v) is 2.43. The lowest BCUT2D eigenvalue weighted by Gasteiger charge is -2.08. The number of rotatable bonds is 4. The zero-order chi connectivity index (χ0) is 14.7. The summed E-state index contributed by atoms with van der Waals surface area (Å²) in [4.78, 5) is 12.4. The fourth-order valence-electron chi connectivity index (χ4n) is 1.88. The van der Waals surface area contributed by atoms with Gasteiger partial charge in [-0.1, -0.05) is 23.2 Å². The van der Waals surface area contributed by atoms with Crippen LogP contribution in [-0.4, -0.2) is 19.9 Å². The molecule has 0 spiro atoms. The van der Waals surface area contributed by atoms with Gasteiger partial charge in [0.05, 0.1) is 21.4 Å². The van der Waals surface area contributed by atoms with Crippen molar-refractivity contribution in [2.45, 2.75) is 0 Å². The molecule has 5 heteroatoms. The van der Waals surface area contributed by atoms with Gasteiger partial charge in [0.1, 0.15) is 0 Å². The second kappa shape index (κ2) is 6.16. The molecule has 2 N–H and O–H groups in total. The number of nitrogens with one attached hydrogen (secondary N) is 2. The van der Waals surface area contributed by atoms with Crippen LogP contribution >= 0.6 is 23.2 Å². The Labute approximate surface area is 127 Å². The van der Waals surface area contributed by atoms with Gasteiger partial charge in [-0.15, -0.1) is 0 Å². The fraction of sp³-hybridized carbons (Fsp3) is 0.133. The van der Waals surface area contributed by atoms with E-state index in [1.807, 2.05) is 0 Å². The monoisotopic (exact) mass is 308 g/mol. The molecular weight excluding hydrogens is 295 g/mol. The predicted octanol–water partition coefficient (Wildman–Crippen LogP) is 4.31. The Kier molecular flexibility index (Phi) is 4.53. The van der Waals surface area contributed by atoms with Gasteiger partial charge in [0.15, 0.2) is 5.78 Å². The third-order valence-electron chi connectivity index (χ3n) is 3.00. The number of ketones is 1. The highest BCUT2D eigenvalue weighted by Crippen LogP contribution is 2.26. The minimum atomic E-state index is -0.112. The lowest BCUT2D eigenvalue weighted by atomic mass is 10.0. The van der Waals surface area contributed by atoms with Crippen LogP contribution < -0.4 is 10.6 Å². The van der Waals surface area contributed by atoms with Gasteiger partial charge in [0, 0.05) is 25.2 Å². The van der Waals surface area contributed by atoms with Gasteiger partial charge < -0.3 is 10.6 Å². The molecule has 0 fully saturated rings. The third kappa shape index (κ3) is 2.89. The van der Waals surface area contributed by atoms with Crippen molar-refractivity contribution in [3.05, 3.63) is 57.6 Å². The molecule has 2 rings (SSSR count). The van der Waals surface area contributed by atoms with Gasteiger partial charge in [0.2, 0.25) is 0 Å². The minimum Gasteiger partial charge on any atom is -0.387 e. The summed E-state index contributed by atoms with van der Waals surface area (Å²) in [6, 6.07) is 10.3. The lowest BCUT2D eigenvalue weighted by molar-refractivity contribution is 0.103. The maximum atomic E-state index is 12.4. The second-order valence-corrected chi connectivity index (χ2v) is 5.03. The van der Waals surface area contributed by atoms with Gasteiger partial charge in [0.25, 0.3) is 0 Å². The molecule has 0 radical (unpaired) electrons. The molecule has 0 saturated carbocycles. The van der Waals surface area contributed by atoms with Crippen molar-refractivity contribution < 1.29 is 4.79 Å². The first-order chi connectivity index (χ1) is 9.56. The smallest absolute Gasteiger partial charge is 0.193 e. The molecule has 2 aromatic rings. The molecule has 2 aromatic carbocycles. The van der Waals surface area contributed by atoms with Crippen LogP contribution in [0.4, 0.5) is 11.4 Å². The number of anilines is 2. The van der Waals surface area contributed by atoms with Gasteiger partial charge in [-0.25, -0.2) is 0 Å². The number of halogens is 2. The Morgan fingerprint density at radius 3 is 1.55 bits per heavy atom. The Bertz CT molecular complexity index is 601. The van der Waals surface area contributed by atoms with Crippen LogP contribution in [0.3, 0.4) is 0 Å². The largest absolute Gasteiger partial charge is 0.387 e. The number of benzene rings is 2. The molecule has 0 aliphatic carbocycles. The molecule has 0 atom stereocenters. The average Bonchev–Trinajstić information content (AvgIpc) is 2.46. The topological polar surface area (TPSA) is 41.1 Å². The third-order valence-corrected chi connectivity index (χ3v) is 3.63. The molecule has 0 heterocycles. The first-order valence-corrected chi connectivity index (χ1v) is 6.81. The zero-order valence-electron chi connectivity index (χ0n) is 11.1. The molecule has 0 aliphatic rings. The molecule has 0 saturated heterocycles. The summed E-state index contributed by atoms with van der Waals surface area (Å²) in [6.07, 6.45) is 0. The number of hydrogen-bond donors (Lipinski definition) is 2. The van der Waals surface area contributed by atoms with E-state index >= 15 is 0 Å². The van der Waals surface area contributed by atoms with Crippen LogP contribution in [0.5, 0.6) is 0 Å². The van der Waals surface area contributed by atoms with Gasteiger partial charge in [-0.2, -0.15) is 0 Å². The summed E-state index contributed by atoms with van der Waals surface area (Å²) < 4.78 is 0. The lowest BCUT2D eigenvalue weighted by Crippen LogP contribution is -2.03. The minimum absolute atomic E-state index is 0.112. The number of carbonyl (C=O) groups is 1. The highest BCUT2D eigenvalue weighted by molar-refractivity contribution is 6.34. The van der Waals surface area contributed by atoms with Crippen molar-refractivity contribution in [2.75, 3.05) is 24.7 Å². The van der Waals surface area contributed by atoms with Crippen molar-refractivity contribution in [2.24, 2.45) is 0 Å². The molecule has 0 amide bonds. The van der Waals surface area contributed by atoms with E-state index in [0.29, 0.717) is 21.2 Å². The second-order valence-electron chi connectivity index (χ2n) is 4.22. The predicted molar refractivity (Wildman–Crippen MR) is 85.4 cm³/mol. The molecule has 3 nitrogen and oxygen atoms in total. The van der Waals surface area contributed by atoms with Crippen LogP contribution in [0.25, 0.3) is 0 Å². The van der Waals surface area contributed by atoms with Gasteiger partial charge in [-0.05, 0) is 36.4 Å². The van der Waals surface area contributed by atoms with E-state index in [4.69, 9.17) is 23.2 Å². The van der Waals surface area contributed by atoms with E-state index in [2.05, 4.69) is 10.6 Å². The average molecular weight is 309 g/mol. The molecule has 0 unspecified atom stereocenters. The van der Waals surface area contributed by atoms with Crippen LogP contribution in [0, 0.1) is 0 Å². The van der Waals surface area contributed by atoms with Crippen molar-refractivity contribution >= 4 is 40.4 Å². The van der Waals surface area contributed by atoms with E-state index < -0.39 is 0 Å². The first-order valence-electron chi connectivity index (χ1n) is 6.06. The quantitative estimate of drug-likeness (QED) is 0.827. The number of hydrogen-bond acceptors (Lipinski definition) is 3. The molecule has 0 aliphatic heterocycles. The van der Waals surface area contributed by atoms with Crippen LogP contribution in [0.15, 0.2) is 36.4 Å². The SMILES string of the molecule is CNc1ccc(C(=O)c2ccc(NC)c(Cl)c2)cc1Cl. The highest BCUT2D eigenvalue weighted by atomic mass is 35.5. The van der Waals surface area contributed by atoms with Gasteiger partial charge >= 0.3 is 0 Å². The van der Waals surface area contributed by atoms with E-state index in [-0.39, 0.29) is 5.78 Å². The van der Waals surface area contributed by atoms with E-state index in [1.165, 1.54) is 0 Å².